The van der Waals surface area contributed by atoms with Crippen molar-refractivity contribution in [1.82, 2.24) is 4.90 Å². The number of carbonyl (C=O) groups excluding carboxylic acids is 1. The summed E-state index contributed by atoms with van der Waals surface area (Å²) in [6, 6.07) is 4.01. The Morgan fingerprint density at radius 2 is 2.11 bits per heavy atom. The molecule has 2 atom stereocenters. The molecule has 1 aromatic rings. The molecule has 3 nitrogen and oxygen atoms in total. The predicted molar refractivity (Wildman–Crippen MR) is 81.5 cm³/mol. The lowest BCUT2D eigenvalue weighted by Crippen LogP contribution is -2.47. The van der Waals surface area contributed by atoms with Gasteiger partial charge in [0.15, 0.2) is 5.78 Å². The third kappa shape index (κ3) is 4.31. The van der Waals surface area contributed by atoms with Gasteiger partial charge in [0.05, 0.1) is 27.8 Å². The molecule has 0 aliphatic carbocycles. The number of hydrogen-bond donors (Lipinski definition) is 0. The lowest BCUT2D eigenvalue weighted by Gasteiger charge is -2.34. The number of morpholine rings is 1. The van der Waals surface area contributed by atoms with Crippen LogP contribution in [-0.2, 0) is 4.74 Å². The van der Waals surface area contributed by atoms with E-state index in [0.717, 1.165) is 23.7 Å². The van der Waals surface area contributed by atoms with E-state index in [0.29, 0.717) is 6.54 Å². The average Bonchev–Trinajstić information content (AvgIpc) is 2.76. The summed E-state index contributed by atoms with van der Waals surface area (Å²) in [4.78, 5) is 15.3. The minimum absolute atomic E-state index is 0.214. The average molecular weight is 299 g/mol. The molecule has 19 heavy (non-hydrogen) atoms. The Morgan fingerprint density at radius 3 is 2.74 bits per heavy atom. The zero-order chi connectivity index (χ0) is 13.8. The highest BCUT2D eigenvalue weighted by atomic mass is 32.2. The molecule has 1 fully saturated rings. The van der Waals surface area contributed by atoms with E-state index in [1.165, 1.54) is 4.21 Å². The van der Waals surface area contributed by atoms with E-state index < -0.39 is 0 Å². The fraction of sp³-hybridized carbons (Fsp3) is 0.643. The molecule has 0 spiro atoms. The molecule has 2 unspecified atom stereocenters. The van der Waals surface area contributed by atoms with Gasteiger partial charge in [-0.2, -0.15) is 0 Å². The molecule has 2 rings (SSSR count). The standard InChI is InChI=1S/C14H21NO2S2/c1-4-18-14-6-5-13(19-14)12(16)9-15-7-10(2)17-11(3)8-15/h5-6,10-11H,4,7-9H2,1-3H3. The Kier molecular flexibility index (Phi) is 5.45. The predicted octanol–water partition coefficient (Wildman–Crippen LogP) is 3.15. The van der Waals surface area contributed by atoms with Gasteiger partial charge in [0, 0.05) is 13.1 Å². The molecule has 1 aliphatic heterocycles. The summed E-state index contributed by atoms with van der Waals surface area (Å²) in [5, 5.41) is 0. The number of nitrogens with zero attached hydrogens (tertiary/aromatic N) is 1. The highest BCUT2D eigenvalue weighted by molar-refractivity contribution is 8.01. The molecule has 2 heterocycles. The second kappa shape index (κ2) is 6.88. The molecule has 1 aromatic heterocycles. The Hall–Kier alpha value is -0.360. The molecule has 0 saturated carbocycles. The third-order valence-electron chi connectivity index (χ3n) is 3.01. The molecular formula is C14H21NO2S2. The first kappa shape index (κ1) is 15.0. The summed E-state index contributed by atoms with van der Waals surface area (Å²) in [5.74, 6) is 1.28. The Labute approximate surface area is 123 Å². The number of ether oxygens (including phenoxy) is 1. The van der Waals surface area contributed by atoms with E-state index >= 15 is 0 Å². The van der Waals surface area contributed by atoms with Crippen molar-refractivity contribution in [3.63, 3.8) is 0 Å². The van der Waals surface area contributed by atoms with Crippen molar-refractivity contribution >= 4 is 28.9 Å². The summed E-state index contributed by atoms with van der Waals surface area (Å²) in [5.41, 5.74) is 0. The summed E-state index contributed by atoms with van der Waals surface area (Å²) in [6.45, 7) is 8.45. The Bertz CT molecular complexity index is 423. The first-order valence-corrected chi connectivity index (χ1v) is 8.52. The van der Waals surface area contributed by atoms with Gasteiger partial charge in [-0.3, -0.25) is 9.69 Å². The first-order chi connectivity index (χ1) is 9.08. The SMILES string of the molecule is CCSc1ccc(C(=O)CN2CC(C)OC(C)C2)s1. The van der Waals surface area contributed by atoms with Gasteiger partial charge in [-0.1, -0.05) is 6.92 Å². The van der Waals surface area contributed by atoms with Crippen LogP contribution in [0.1, 0.15) is 30.4 Å². The minimum Gasteiger partial charge on any atom is -0.373 e. The van der Waals surface area contributed by atoms with Gasteiger partial charge in [-0.15, -0.1) is 23.1 Å². The van der Waals surface area contributed by atoms with Crippen LogP contribution in [0.15, 0.2) is 16.3 Å². The highest BCUT2D eigenvalue weighted by Crippen LogP contribution is 2.27. The minimum atomic E-state index is 0.214. The smallest absolute Gasteiger partial charge is 0.186 e. The van der Waals surface area contributed by atoms with Crippen molar-refractivity contribution in [3.05, 3.63) is 17.0 Å². The van der Waals surface area contributed by atoms with Gasteiger partial charge in [0.25, 0.3) is 0 Å². The number of hydrogen-bond acceptors (Lipinski definition) is 5. The van der Waals surface area contributed by atoms with Gasteiger partial charge in [0.2, 0.25) is 0 Å². The number of ketones is 1. The van der Waals surface area contributed by atoms with E-state index in [4.69, 9.17) is 4.74 Å². The van der Waals surface area contributed by atoms with Crippen LogP contribution in [0.3, 0.4) is 0 Å². The van der Waals surface area contributed by atoms with E-state index in [1.807, 2.05) is 6.07 Å². The number of thiophene rings is 1. The maximum atomic E-state index is 12.3. The molecule has 1 saturated heterocycles. The van der Waals surface area contributed by atoms with Gasteiger partial charge in [-0.05, 0) is 31.7 Å². The van der Waals surface area contributed by atoms with E-state index in [2.05, 4.69) is 31.7 Å². The number of thioether (sulfide) groups is 1. The number of Topliss-reactive ketones (excluding diaryl/α,β-unsaturated/α-hetero) is 1. The fourth-order valence-corrected chi connectivity index (χ4v) is 4.36. The van der Waals surface area contributed by atoms with Crippen LogP contribution in [-0.4, -0.2) is 48.3 Å². The van der Waals surface area contributed by atoms with Gasteiger partial charge < -0.3 is 4.74 Å². The molecular weight excluding hydrogens is 278 g/mol. The summed E-state index contributed by atoms with van der Waals surface area (Å²) >= 11 is 3.40. The second-order valence-electron chi connectivity index (χ2n) is 4.93. The van der Waals surface area contributed by atoms with Crippen LogP contribution >= 0.6 is 23.1 Å². The lowest BCUT2D eigenvalue weighted by atomic mass is 10.2. The third-order valence-corrected chi connectivity index (χ3v) is 5.24. The maximum absolute atomic E-state index is 12.3. The fourth-order valence-electron chi connectivity index (χ4n) is 2.38. The monoisotopic (exact) mass is 299 g/mol. The quantitative estimate of drug-likeness (QED) is 0.617. The molecule has 0 aromatic carbocycles. The summed E-state index contributed by atoms with van der Waals surface area (Å²) in [7, 11) is 0. The van der Waals surface area contributed by atoms with Crippen LogP contribution in [0, 0.1) is 0 Å². The van der Waals surface area contributed by atoms with Crippen LogP contribution in [0.5, 0.6) is 0 Å². The second-order valence-corrected chi connectivity index (χ2v) is 7.57. The van der Waals surface area contributed by atoms with Crippen LogP contribution in [0.25, 0.3) is 0 Å². The van der Waals surface area contributed by atoms with Crippen molar-refractivity contribution in [2.24, 2.45) is 0 Å². The zero-order valence-electron chi connectivity index (χ0n) is 11.7. The number of rotatable bonds is 5. The molecule has 1 aliphatic rings. The topological polar surface area (TPSA) is 29.5 Å². The molecule has 0 bridgehead atoms. The summed E-state index contributed by atoms with van der Waals surface area (Å²) < 4.78 is 6.92. The Balaban J connectivity index is 1.92. The van der Waals surface area contributed by atoms with Gasteiger partial charge in [0.1, 0.15) is 0 Å². The van der Waals surface area contributed by atoms with Crippen molar-refractivity contribution in [2.45, 2.75) is 37.2 Å². The lowest BCUT2D eigenvalue weighted by molar-refractivity contribution is -0.0652. The van der Waals surface area contributed by atoms with E-state index in [9.17, 15) is 4.79 Å². The maximum Gasteiger partial charge on any atom is 0.186 e. The molecule has 106 valence electrons. The number of carbonyl (C=O) groups is 1. The zero-order valence-corrected chi connectivity index (χ0v) is 13.4. The first-order valence-electron chi connectivity index (χ1n) is 6.72. The van der Waals surface area contributed by atoms with Crippen LogP contribution < -0.4 is 0 Å². The Morgan fingerprint density at radius 1 is 1.42 bits per heavy atom. The van der Waals surface area contributed by atoms with Crippen LogP contribution in [0.2, 0.25) is 0 Å². The van der Waals surface area contributed by atoms with E-state index in [-0.39, 0.29) is 18.0 Å². The van der Waals surface area contributed by atoms with Crippen molar-refractivity contribution in [2.75, 3.05) is 25.4 Å². The largest absolute Gasteiger partial charge is 0.373 e. The van der Waals surface area contributed by atoms with Crippen molar-refractivity contribution in [3.8, 4) is 0 Å². The van der Waals surface area contributed by atoms with Gasteiger partial charge in [-0.25, -0.2) is 0 Å². The molecule has 5 heteroatoms. The van der Waals surface area contributed by atoms with Crippen LogP contribution in [0.4, 0.5) is 0 Å². The van der Waals surface area contributed by atoms with Gasteiger partial charge >= 0.3 is 0 Å². The molecule has 0 N–H and O–H groups in total. The molecule has 0 amide bonds. The summed E-state index contributed by atoms with van der Waals surface area (Å²) in [6.07, 6.45) is 0.428. The normalized spacial score (nSPS) is 24.6. The highest BCUT2D eigenvalue weighted by Gasteiger charge is 2.24. The van der Waals surface area contributed by atoms with Crippen molar-refractivity contribution < 1.29 is 9.53 Å². The van der Waals surface area contributed by atoms with E-state index in [1.54, 1.807) is 23.1 Å². The van der Waals surface area contributed by atoms with Crippen molar-refractivity contribution in [1.29, 1.82) is 0 Å². The molecule has 0 radical (unpaired) electrons.